The van der Waals surface area contributed by atoms with Crippen molar-refractivity contribution in [2.45, 2.75) is 20.3 Å². The van der Waals surface area contributed by atoms with Gasteiger partial charge in [0.2, 0.25) is 5.89 Å². The van der Waals surface area contributed by atoms with Crippen molar-refractivity contribution in [3.8, 4) is 21.9 Å². The highest BCUT2D eigenvalue weighted by atomic mass is 32.1. The molecule has 0 spiro atoms. The molecule has 4 aromatic rings. The molecule has 3 aromatic heterocycles. The molecule has 1 aromatic carbocycles. The van der Waals surface area contributed by atoms with Gasteiger partial charge in [-0.2, -0.15) is 0 Å². The zero-order chi connectivity index (χ0) is 18.8. The Morgan fingerprint density at radius 3 is 2.74 bits per heavy atom. The molecule has 0 bridgehead atoms. The van der Waals surface area contributed by atoms with E-state index in [0.717, 1.165) is 32.7 Å². The fraction of sp³-hybridized carbons (Fsp3) is 0.143. The van der Waals surface area contributed by atoms with Gasteiger partial charge in [0.25, 0.3) is 0 Å². The second kappa shape index (κ2) is 7.25. The predicted octanol–water partition coefficient (Wildman–Crippen LogP) is 4.90. The van der Waals surface area contributed by atoms with E-state index in [0.29, 0.717) is 17.3 Å². The Morgan fingerprint density at radius 2 is 1.96 bits per heavy atom. The minimum absolute atomic E-state index is 0.0158. The smallest absolute Gasteiger partial charge is 0.225 e. The summed E-state index contributed by atoms with van der Waals surface area (Å²) in [5, 5.41) is 0.516. The lowest BCUT2D eigenvalue weighted by molar-refractivity contribution is 0.0992. The first-order chi connectivity index (χ1) is 13.1. The summed E-state index contributed by atoms with van der Waals surface area (Å²) in [6.45, 7) is 4.00. The van der Waals surface area contributed by atoms with Crippen LogP contribution in [0.4, 0.5) is 0 Å². The standard InChI is InChI=1S/C21H17N3O2S/c1-13-3-4-16(20-23-7-8-26-20)9-17(13)19-12-24-21(27-19)18(25)10-15-5-6-22-11-14(15)2/h3-9,11-12H,10H2,1-2H3. The van der Waals surface area contributed by atoms with Crippen LogP contribution in [0.1, 0.15) is 26.5 Å². The summed E-state index contributed by atoms with van der Waals surface area (Å²) in [6, 6.07) is 7.90. The van der Waals surface area contributed by atoms with Crippen molar-refractivity contribution in [1.82, 2.24) is 15.0 Å². The number of thiazole rings is 1. The van der Waals surface area contributed by atoms with Gasteiger partial charge in [0.05, 0.1) is 11.1 Å². The number of carbonyl (C=O) groups is 1. The summed E-state index contributed by atoms with van der Waals surface area (Å²) in [5.74, 6) is 0.590. The Hall–Kier alpha value is -3.12. The molecule has 0 fully saturated rings. The van der Waals surface area contributed by atoms with Crippen molar-refractivity contribution in [3.05, 3.63) is 77.0 Å². The molecule has 0 N–H and O–H groups in total. The Balaban J connectivity index is 1.62. The number of aryl methyl sites for hydroxylation is 2. The van der Waals surface area contributed by atoms with E-state index in [9.17, 15) is 4.79 Å². The zero-order valence-corrected chi connectivity index (χ0v) is 15.8. The number of rotatable bonds is 5. The first kappa shape index (κ1) is 17.3. The molecule has 4 rings (SSSR count). The van der Waals surface area contributed by atoms with Gasteiger partial charge < -0.3 is 4.42 Å². The highest BCUT2D eigenvalue weighted by molar-refractivity contribution is 7.17. The Bertz CT molecular complexity index is 1100. The first-order valence-corrected chi connectivity index (χ1v) is 9.33. The maximum Gasteiger partial charge on any atom is 0.225 e. The van der Waals surface area contributed by atoms with Crippen LogP contribution in [-0.4, -0.2) is 20.7 Å². The van der Waals surface area contributed by atoms with Gasteiger partial charge in [0.1, 0.15) is 6.26 Å². The van der Waals surface area contributed by atoms with Crippen LogP contribution in [0.5, 0.6) is 0 Å². The van der Waals surface area contributed by atoms with Crippen LogP contribution in [0.15, 0.2) is 59.7 Å². The SMILES string of the molecule is Cc1cnccc1CC(=O)c1ncc(-c2cc(-c3ncco3)ccc2C)s1. The molecule has 0 radical (unpaired) electrons. The summed E-state index contributed by atoms with van der Waals surface area (Å²) >= 11 is 1.41. The Morgan fingerprint density at radius 1 is 1.07 bits per heavy atom. The van der Waals surface area contributed by atoms with Crippen LogP contribution >= 0.6 is 11.3 Å². The molecule has 5 nitrogen and oxygen atoms in total. The molecule has 0 aliphatic carbocycles. The lowest BCUT2D eigenvalue weighted by atomic mass is 10.0. The van der Waals surface area contributed by atoms with Gasteiger partial charge in [0, 0.05) is 30.6 Å². The van der Waals surface area contributed by atoms with Crippen LogP contribution in [0.25, 0.3) is 21.9 Å². The lowest BCUT2D eigenvalue weighted by Crippen LogP contribution is -2.04. The van der Waals surface area contributed by atoms with E-state index in [1.165, 1.54) is 11.3 Å². The van der Waals surface area contributed by atoms with E-state index in [1.807, 2.05) is 38.1 Å². The monoisotopic (exact) mass is 375 g/mol. The Kier molecular flexibility index (Phi) is 4.64. The molecule has 3 heterocycles. The summed E-state index contributed by atoms with van der Waals surface area (Å²) in [5.41, 5.74) is 5.03. The number of Topliss-reactive ketones (excluding diaryl/α,β-unsaturated/α-hetero) is 1. The van der Waals surface area contributed by atoms with E-state index in [2.05, 4.69) is 15.0 Å². The molecule has 0 saturated heterocycles. The van der Waals surface area contributed by atoms with E-state index in [-0.39, 0.29) is 5.78 Å². The molecule has 0 saturated carbocycles. The van der Waals surface area contributed by atoms with Crippen LogP contribution in [-0.2, 0) is 6.42 Å². The molecular formula is C21H17N3O2S. The molecule has 0 atom stereocenters. The van der Waals surface area contributed by atoms with Gasteiger partial charge in [-0.1, -0.05) is 6.07 Å². The third kappa shape index (κ3) is 3.57. The van der Waals surface area contributed by atoms with Crippen molar-refractivity contribution in [3.63, 3.8) is 0 Å². The summed E-state index contributed by atoms with van der Waals surface area (Å²) in [4.78, 5) is 26.2. The first-order valence-electron chi connectivity index (χ1n) is 8.51. The number of hydrogen-bond acceptors (Lipinski definition) is 6. The molecular weight excluding hydrogens is 358 g/mol. The molecule has 0 aliphatic rings. The number of hydrogen-bond donors (Lipinski definition) is 0. The summed E-state index contributed by atoms with van der Waals surface area (Å²) in [6.07, 6.45) is 8.75. The number of carbonyl (C=O) groups excluding carboxylic acids is 1. The molecule has 0 unspecified atom stereocenters. The maximum absolute atomic E-state index is 12.7. The summed E-state index contributed by atoms with van der Waals surface area (Å²) < 4.78 is 5.39. The lowest BCUT2D eigenvalue weighted by Gasteiger charge is -2.05. The Labute approximate surface area is 160 Å². The number of aromatic nitrogens is 3. The quantitative estimate of drug-likeness (QED) is 0.464. The normalized spacial score (nSPS) is 10.9. The van der Waals surface area contributed by atoms with Crippen molar-refractivity contribution >= 4 is 17.1 Å². The minimum atomic E-state index is 0.0158. The van der Waals surface area contributed by atoms with Gasteiger partial charge in [-0.05, 0) is 54.3 Å². The number of oxazole rings is 1. The van der Waals surface area contributed by atoms with E-state index in [1.54, 1.807) is 31.1 Å². The van der Waals surface area contributed by atoms with E-state index >= 15 is 0 Å². The van der Waals surface area contributed by atoms with Crippen LogP contribution in [0, 0.1) is 13.8 Å². The van der Waals surface area contributed by atoms with Gasteiger partial charge in [-0.3, -0.25) is 9.78 Å². The van der Waals surface area contributed by atoms with E-state index < -0.39 is 0 Å². The fourth-order valence-corrected chi connectivity index (χ4v) is 3.80. The van der Waals surface area contributed by atoms with Crippen molar-refractivity contribution in [2.75, 3.05) is 0 Å². The van der Waals surface area contributed by atoms with E-state index in [4.69, 9.17) is 4.42 Å². The largest absolute Gasteiger partial charge is 0.445 e. The van der Waals surface area contributed by atoms with Crippen LogP contribution in [0.3, 0.4) is 0 Å². The second-order valence-electron chi connectivity index (χ2n) is 6.30. The van der Waals surface area contributed by atoms with Gasteiger partial charge in [-0.25, -0.2) is 9.97 Å². The number of pyridine rings is 1. The topological polar surface area (TPSA) is 68.9 Å². The van der Waals surface area contributed by atoms with Crippen molar-refractivity contribution in [2.24, 2.45) is 0 Å². The average molecular weight is 375 g/mol. The number of ketones is 1. The second-order valence-corrected chi connectivity index (χ2v) is 7.33. The highest BCUT2D eigenvalue weighted by Gasteiger charge is 2.16. The third-order valence-corrected chi connectivity index (χ3v) is 5.49. The molecule has 27 heavy (non-hydrogen) atoms. The number of benzene rings is 1. The zero-order valence-electron chi connectivity index (χ0n) is 15.0. The third-order valence-electron chi connectivity index (χ3n) is 4.41. The van der Waals surface area contributed by atoms with Crippen molar-refractivity contribution < 1.29 is 9.21 Å². The highest BCUT2D eigenvalue weighted by Crippen LogP contribution is 2.32. The van der Waals surface area contributed by atoms with Crippen LogP contribution < -0.4 is 0 Å². The molecule has 0 aliphatic heterocycles. The fourth-order valence-electron chi connectivity index (χ4n) is 2.86. The minimum Gasteiger partial charge on any atom is -0.445 e. The van der Waals surface area contributed by atoms with Crippen molar-refractivity contribution in [1.29, 1.82) is 0 Å². The maximum atomic E-state index is 12.7. The van der Waals surface area contributed by atoms with Gasteiger partial charge in [0.15, 0.2) is 10.8 Å². The molecule has 134 valence electrons. The van der Waals surface area contributed by atoms with Gasteiger partial charge in [-0.15, -0.1) is 11.3 Å². The number of nitrogens with zero attached hydrogens (tertiary/aromatic N) is 3. The predicted molar refractivity (Wildman–Crippen MR) is 105 cm³/mol. The molecule has 0 amide bonds. The average Bonchev–Trinajstić information content (AvgIpc) is 3.36. The van der Waals surface area contributed by atoms with Gasteiger partial charge >= 0.3 is 0 Å². The van der Waals surface area contributed by atoms with Crippen LogP contribution in [0.2, 0.25) is 0 Å². The summed E-state index contributed by atoms with van der Waals surface area (Å²) in [7, 11) is 0. The molecule has 6 heteroatoms.